The molecule has 0 spiro atoms. The van der Waals surface area contributed by atoms with Gasteiger partial charge in [-0.3, -0.25) is 4.79 Å². The summed E-state index contributed by atoms with van der Waals surface area (Å²) in [5.41, 5.74) is 0. The number of hydrogen-bond acceptors (Lipinski definition) is 4. The van der Waals surface area contributed by atoms with Gasteiger partial charge in [-0.25, -0.2) is 4.98 Å². The van der Waals surface area contributed by atoms with Crippen LogP contribution in [0.4, 0.5) is 5.82 Å². The van der Waals surface area contributed by atoms with Crippen LogP contribution in [0.5, 0.6) is 0 Å². The molecule has 0 aliphatic carbocycles. The Kier molecular flexibility index (Phi) is 3.39. The summed E-state index contributed by atoms with van der Waals surface area (Å²) < 4.78 is 0. The van der Waals surface area contributed by atoms with Crippen LogP contribution in [-0.2, 0) is 4.79 Å². The van der Waals surface area contributed by atoms with E-state index in [1.165, 1.54) is 11.3 Å². The smallest absolute Gasteiger partial charge is 0.254 e. The first-order valence-electron chi connectivity index (χ1n) is 4.04. The molecule has 72 valence electrons. The Morgan fingerprint density at radius 3 is 3.00 bits per heavy atom. The first-order chi connectivity index (χ1) is 6.13. The van der Waals surface area contributed by atoms with E-state index in [4.69, 9.17) is 5.11 Å². The molecule has 1 rings (SSSR count). The summed E-state index contributed by atoms with van der Waals surface area (Å²) in [5, 5.41) is 14.3. The maximum Gasteiger partial charge on any atom is 0.254 e. The number of anilines is 1. The maximum atomic E-state index is 11.2. The summed E-state index contributed by atoms with van der Waals surface area (Å²) in [6.07, 6.45) is -0.531. The van der Waals surface area contributed by atoms with Crippen molar-refractivity contribution in [3.05, 3.63) is 10.4 Å². The number of nitrogens with zero attached hydrogens (tertiary/aromatic N) is 1. The van der Waals surface area contributed by atoms with Crippen LogP contribution in [0.25, 0.3) is 0 Å². The van der Waals surface area contributed by atoms with Crippen LogP contribution in [0.3, 0.4) is 0 Å². The number of aliphatic hydroxyl groups excluding tert-OH is 1. The number of carbonyl (C=O) groups excluding carboxylic acids is 1. The molecular formula is C8H12N2O2S. The number of amides is 1. The Bertz CT molecular complexity index is 298. The van der Waals surface area contributed by atoms with E-state index in [2.05, 4.69) is 10.3 Å². The lowest BCUT2D eigenvalue weighted by Crippen LogP contribution is -2.26. The van der Waals surface area contributed by atoms with E-state index < -0.39 is 12.0 Å². The minimum Gasteiger partial charge on any atom is -0.383 e. The van der Waals surface area contributed by atoms with Gasteiger partial charge in [0.05, 0.1) is 5.01 Å². The quantitative estimate of drug-likeness (QED) is 0.769. The average Bonchev–Trinajstić information content (AvgIpc) is 2.49. The number of aromatic nitrogens is 1. The standard InChI is InChI=1S/C8H12N2O2S/c1-3-6(11)8(12)10-7-4-13-5(2)9-7/h4,6,11H,3H2,1-2H3,(H,10,12). The van der Waals surface area contributed by atoms with Gasteiger partial charge < -0.3 is 10.4 Å². The molecule has 2 N–H and O–H groups in total. The topological polar surface area (TPSA) is 62.2 Å². The van der Waals surface area contributed by atoms with Gasteiger partial charge in [-0.1, -0.05) is 6.92 Å². The van der Waals surface area contributed by atoms with Gasteiger partial charge in [-0.05, 0) is 13.3 Å². The van der Waals surface area contributed by atoms with Gasteiger partial charge in [-0.2, -0.15) is 0 Å². The van der Waals surface area contributed by atoms with Crippen molar-refractivity contribution in [3.63, 3.8) is 0 Å². The molecular weight excluding hydrogens is 188 g/mol. The second-order valence-electron chi connectivity index (χ2n) is 2.67. The monoisotopic (exact) mass is 200 g/mol. The highest BCUT2D eigenvalue weighted by Crippen LogP contribution is 2.12. The van der Waals surface area contributed by atoms with E-state index in [1.807, 2.05) is 6.92 Å². The Balaban J connectivity index is 2.54. The van der Waals surface area contributed by atoms with Crippen LogP contribution >= 0.6 is 11.3 Å². The van der Waals surface area contributed by atoms with Crippen LogP contribution in [0.1, 0.15) is 18.4 Å². The summed E-state index contributed by atoms with van der Waals surface area (Å²) >= 11 is 1.46. The number of rotatable bonds is 3. The molecule has 1 aromatic rings. The number of aryl methyl sites for hydroxylation is 1. The van der Waals surface area contributed by atoms with Gasteiger partial charge in [-0.15, -0.1) is 11.3 Å². The third-order valence-corrected chi connectivity index (χ3v) is 2.33. The fraction of sp³-hybridized carbons (Fsp3) is 0.500. The van der Waals surface area contributed by atoms with Crippen LogP contribution in [-0.4, -0.2) is 22.1 Å². The van der Waals surface area contributed by atoms with Crippen LogP contribution in [0.15, 0.2) is 5.38 Å². The second kappa shape index (κ2) is 4.34. The van der Waals surface area contributed by atoms with Gasteiger partial charge in [0, 0.05) is 5.38 Å². The average molecular weight is 200 g/mol. The highest BCUT2D eigenvalue weighted by Gasteiger charge is 2.13. The molecule has 0 aromatic carbocycles. The normalized spacial score (nSPS) is 12.5. The van der Waals surface area contributed by atoms with Crippen molar-refractivity contribution in [3.8, 4) is 0 Å². The van der Waals surface area contributed by atoms with Crippen molar-refractivity contribution in [1.29, 1.82) is 0 Å². The summed E-state index contributed by atoms with van der Waals surface area (Å²) in [4.78, 5) is 15.2. The van der Waals surface area contributed by atoms with E-state index in [-0.39, 0.29) is 0 Å². The SMILES string of the molecule is CCC(O)C(=O)Nc1csc(C)n1. The molecule has 4 nitrogen and oxygen atoms in total. The molecule has 1 aromatic heterocycles. The zero-order valence-corrected chi connectivity index (χ0v) is 8.39. The van der Waals surface area contributed by atoms with Gasteiger partial charge in [0.25, 0.3) is 5.91 Å². The van der Waals surface area contributed by atoms with Crippen LogP contribution in [0, 0.1) is 6.92 Å². The van der Waals surface area contributed by atoms with Crippen molar-refractivity contribution in [2.45, 2.75) is 26.4 Å². The molecule has 0 aliphatic rings. The Morgan fingerprint density at radius 1 is 1.85 bits per heavy atom. The Labute approximate surface area is 80.6 Å². The van der Waals surface area contributed by atoms with E-state index in [0.717, 1.165) is 5.01 Å². The molecule has 1 amide bonds. The summed E-state index contributed by atoms with van der Waals surface area (Å²) in [6.45, 7) is 3.60. The molecule has 0 fully saturated rings. The van der Waals surface area contributed by atoms with Gasteiger partial charge in [0.1, 0.15) is 11.9 Å². The third-order valence-electron chi connectivity index (χ3n) is 1.56. The van der Waals surface area contributed by atoms with E-state index in [9.17, 15) is 4.79 Å². The first kappa shape index (κ1) is 10.1. The minimum atomic E-state index is -0.943. The summed E-state index contributed by atoms with van der Waals surface area (Å²) in [5.74, 6) is 0.118. The second-order valence-corrected chi connectivity index (χ2v) is 3.73. The van der Waals surface area contributed by atoms with E-state index >= 15 is 0 Å². The largest absolute Gasteiger partial charge is 0.383 e. The highest BCUT2D eigenvalue weighted by atomic mass is 32.1. The zero-order valence-electron chi connectivity index (χ0n) is 7.57. The molecule has 1 atom stereocenters. The zero-order chi connectivity index (χ0) is 9.84. The molecule has 1 unspecified atom stereocenters. The Hall–Kier alpha value is -0.940. The maximum absolute atomic E-state index is 11.2. The predicted octanol–water partition coefficient (Wildman–Crippen LogP) is 1.16. The van der Waals surface area contributed by atoms with Crippen LogP contribution in [0.2, 0.25) is 0 Å². The van der Waals surface area contributed by atoms with Crippen molar-refractivity contribution in [2.75, 3.05) is 5.32 Å². The molecule has 0 saturated heterocycles. The van der Waals surface area contributed by atoms with Gasteiger partial charge in [0.15, 0.2) is 0 Å². The third kappa shape index (κ3) is 2.78. The highest BCUT2D eigenvalue weighted by molar-refractivity contribution is 7.09. The summed E-state index contributed by atoms with van der Waals surface area (Å²) in [6, 6.07) is 0. The van der Waals surface area contributed by atoms with Gasteiger partial charge >= 0.3 is 0 Å². The van der Waals surface area contributed by atoms with Crippen molar-refractivity contribution in [2.24, 2.45) is 0 Å². The molecule has 13 heavy (non-hydrogen) atoms. The van der Waals surface area contributed by atoms with E-state index in [1.54, 1.807) is 12.3 Å². The molecule has 0 saturated carbocycles. The number of aliphatic hydroxyl groups is 1. The molecule has 0 radical (unpaired) electrons. The fourth-order valence-corrected chi connectivity index (χ4v) is 1.36. The number of nitrogens with one attached hydrogen (secondary N) is 1. The lowest BCUT2D eigenvalue weighted by atomic mass is 10.2. The lowest BCUT2D eigenvalue weighted by Gasteiger charge is -2.05. The predicted molar refractivity (Wildman–Crippen MR) is 51.8 cm³/mol. The lowest BCUT2D eigenvalue weighted by molar-refractivity contribution is -0.124. The molecule has 0 aliphatic heterocycles. The van der Waals surface area contributed by atoms with Crippen molar-refractivity contribution in [1.82, 2.24) is 4.98 Å². The Morgan fingerprint density at radius 2 is 2.54 bits per heavy atom. The molecule has 5 heteroatoms. The van der Waals surface area contributed by atoms with E-state index in [0.29, 0.717) is 12.2 Å². The first-order valence-corrected chi connectivity index (χ1v) is 4.92. The van der Waals surface area contributed by atoms with Crippen molar-refractivity contribution >= 4 is 23.1 Å². The number of hydrogen-bond donors (Lipinski definition) is 2. The van der Waals surface area contributed by atoms with Gasteiger partial charge in [0.2, 0.25) is 0 Å². The molecule has 1 heterocycles. The van der Waals surface area contributed by atoms with Crippen LogP contribution < -0.4 is 5.32 Å². The molecule has 0 bridgehead atoms. The van der Waals surface area contributed by atoms with Crippen molar-refractivity contribution < 1.29 is 9.90 Å². The fourth-order valence-electron chi connectivity index (χ4n) is 0.816. The minimum absolute atomic E-state index is 0.396. The summed E-state index contributed by atoms with van der Waals surface area (Å²) in [7, 11) is 0. The number of carbonyl (C=O) groups is 1. The number of thiazole rings is 1.